The first-order chi connectivity index (χ1) is 8.69. The quantitative estimate of drug-likeness (QED) is 0.835. The highest BCUT2D eigenvalue weighted by Crippen LogP contribution is 2.40. The Balaban J connectivity index is 1.60. The lowest BCUT2D eigenvalue weighted by Gasteiger charge is -2.43. The molecule has 18 heavy (non-hydrogen) atoms. The van der Waals surface area contributed by atoms with Crippen LogP contribution < -0.4 is 0 Å². The van der Waals surface area contributed by atoms with E-state index in [2.05, 4.69) is 11.8 Å². The number of hydrogen-bond donors (Lipinski definition) is 1. The molecule has 0 aromatic rings. The van der Waals surface area contributed by atoms with E-state index < -0.39 is 0 Å². The predicted octanol–water partition coefficient (Wildman–Crippen LogP) is 2.04. The number of aliphatic hydroxyl groups is 1. The maximum atomic E-state index is 9.85. The topological polar surface area (TPSA) is 32.7 Å². The van der Waals surface area contributed by atoms with Crippen molar-refractivity contribution >= 4 is 0 Å². The van der Waals surface area contributed by atoms with Crippen LogP contribution in [-0.4, -0.2) is 48.5 Å². The molecule has 3 nitrogen and oxygen atoms in total. The van der Waals surface area contributed by atoms with Crippen molar-refractivity contribution in [2.45, 2.75) is 57.7 Å². The highest BCUT2D eigenvalue weighted by atomic mass is 16.5. The zero-order valence-corrected chi connectivity index (χ0v) is 11.6. The largest absolute Gasteiger partial charge is 0.396 e. The van der Waals surface area contributed by atoms with Crippen LogP contribution in [0.3, 0.4) is 0 Å². The fraction of sp³-hybridized carbons (Fsp3) is 1.00. The molecule has 0 aromatic carbocycles. The zero-order chi connectivity index (χ0) is 12.6. The molecule has 3 rings (SSSR count). The van der Waals surface area contributed by atoms with Crippen molar-refractivity contribution in [3.8, 4) is 0 Å². The molecule has 3 heteroatoms. The first-order valence-electron chi connectivity index (χ1n) is 7.68. The van der Waals surface area contributed by atoms with E-state index in [1.54, 1.807) is 0 Å². The lowest BCUT2D eigenvalue weighted by Crippen LogP contribution is -2.49. The Bertz CT molecular complexity index is 274. The Morgan fingerprint density at radius 3 is 2.28 bits per heavy atom. The summed E-state index contributed by atoms with van der Waals surface area (Å²) in [7, 11) is 0. The summed E-state index contributed by atoms with van der Waals surface area (Å²) in [5.41, 5.74) is 0.184. The normalized spacial score (nSPS) is 45.3. The summed E-state index contributed by atoms with van der Waals surface area (Å²) in [5, 5.41) is 9.85. The van der Waals surface area contributed by atoms with E-state index in [-0.39, 0.29) is 5.41 Å². The van der Waals surface area contributed by atoms with Crippen LogP contribution in [0, 0.1) is 11.3 Å². The molecule has 2 atom stereocenters. The van der Waals surface area contributed by atoms with Crippen LogP contribution in [0.1, 0.15) is 45.4 Å². The molecule has 2 unspecified atom stereocenters. The van der Waals surface area contributed by atoms with Crippen LogP contribution in [0.25, 0.3) is 0 Å². The van der Waals surface area contributed by atoms with E-state index in [1.165, 1.54) is 38.5 Å². The molecule has 2 heterocycles. The number of aliphatic hydroxyl groups excluding tert-OH is 1. The zero-order valence-electron chi connectivity index (χ0n) is 11.6. The van der Waals surface area contributed by atoms with Gasteiger partial charge in [0.1, 0.15) is 0 Å². The van der Waals surface area contributed by atoms with Gasteiger partial charge in [0.2, 0.25) is 0 Å². The number of rotatable bonds is 3. The van der Waals surface area contributed by atoms with Crippen molar-refractivity contribution in [1.82, 2.24) is 4.90 Å². The minimum atomic E-state index is 0.184. The van der Waals surface area contributed by atoms with Crippen molar-refractivity contribution in [3.05, 3.63) is 0 Å². The standard InChI is InChI=1S/C15H27NO2/c1-12-4-6-15(11-17,7-5-12)10-16-8-13-2-3-14(9-16)18-13/h12-14,17H,2-11H2,1H3. The van der Waals surface area contributed by atoms with Gasteiger partial charge in [-0.15, -0.1) is 0 Å². The Hall–Kier alpha value is -0.120. The maximum Gasteiger partial charge on any atom is 0.0707 e. The first-order valence-corrected chi connectivity index (χ1v) is 7.68. The third-order valence-corrected chi connectivity index (χ3v) is 5.35. The summed E-state index contributed by atoms with van der Waals surface area (Å²) < 4.78 is 5.90. The summed E-state index contributed by atoms with van der Waals surface area (Å²) in [6.45, 7) is 5.98. The smallest absolute Gasteiger partial charge is 0.0707 e. The highest BCUT2D eigenvalue weighted by Gasteiger charge is 2.39. The van der Waals surface area contributed by atoms with E-state index in [1.807, 2.05) is 0 Å². The molecule has 1 aliphatic carbocycles. The van der Waals surface area contributed by atoms with Gasteiger partial charge in [0, 0.05) is 31.7 Å². The van der Waals surface area contributed by atoms with Crippen LogP contribution in [0.5, 0.6) is 0 Å². The molecule has 104 valence electrons. The molecule has 2 saturated heterocycles. The first kappa shape index (κ1) is 12.9. The number of nitrogens with zero attached hydrogens (tertiary/aromatic N) is 1. The van der Waals surface area contributed by atoms with Crippen LogP contribution in [-0.2, 0) is 4.74 Å². The lowest BCUT2D eigenvalue weighted by atomic mass is 9.71. The Morgan fingerprint density at radius 2 is 1.72 bits per heavy atom. The van der Waals surface area contributed by atoms with Gasteiger partial charge in [0.15, 0.2) is 0 Å². The average Bonchev–Trinajstić information content (AvgIpc) is 2.72. The van der Waals surface area contributed by atoms with Crippen LogP contribution in [0.2, 0.25) is 0 Å². The number of ether oxygens (including phenoxy) is 1. The van der Waals surface area contributed by atoms with Crippen LogP contribution >= 0.6 is 0 Å². The van der Waals surface area contributed by atoms with Crippen molar-refractivity contribution in [1.29, 1.82) is 0 Å². The van der Waals surface area contributed by atoms with E-state index in [0.29, 0.717) is 18.8 Å². The predicted molar refractivity (Wildman–Crippen MR) is 71.5 cm³/mol. The minimum Gasteiger partial charge on any atom is -0.396 e. The highest BCUT2D eigenvalue weighted by molar-refractivity contribution is 4.91. The Morgan fingerprint density at radius 1 is 1.11 bits per heavy atom. The molecule has 0 radical (unpaired) electrons. The molecular weight excluding hydrogens is 226 g/mol. The van der Waals surface area contributed by atoms with Gasteiger partial charge in [0.25, 0.3) is 0 Å². The second-order valence-corrected chi connectivity index (χ2v) is 6.99. The monoisotopic (exact) mass is 253 g/mol. The lowest BCUT2D eigenvalue weighted by molar-refractivity contribution is -0.0634. The van der Waals surface area contributed by atoms with E-state index >= 15 is 0 Å². The van der Waals surface area contributed by atoms with Crippen LogP contribution in [0.15, 0.2) is 0 Å². The second kappa shape index (κ2) is 5.10. The van der Waals surface area contributed by atoms with Gasteiger partial charge in [-0.2, -0.15) is 0 Å². The Kier molecular flexibility index (Phi) is 3.65. The van der Waals surface area contributed by atoms with E-state index in [9.17, 15) is 5.11 Å². The average molecular weight is 253 g/mol. The third-order valence-electron chi connectivity index (χ3n) is 5.35. The third kappa shape index (κ3) is 2.59. The van der Waals surface area contributed by atoms with E-state index in [0.717, 1.165) is 25.6 Å². The molecule has 0 spiro atoms. The molecule has 1 N–H and O–H groups in total. The van der Waals surface area contributed by atoms with Gasteiger partial charge < -0.3 is 9.84 Å². The van der Waals surface area contributed by atoms with Crippen molar-refractivity contribution < 1.29 is 9.84 Å². The van der Waals surface area contributed by atoms with Crippen molar-refractivity contribution in [2.75, 3.05) is 26.2 Å². The summed E-state index contributed by atoms with van der Waals surface area (Å²) >= 11 is 0. The fourth-order valence-corrected chi connectivity index (χ4v) is 4.04. The second-order valence-electron chi connectivity index (χ2n) is 6.99. The molecule has 1 saturated carbocycles. The van der Waals surface area contributed by atoms with Gasteiger partial charge in [-0.1, -0.05) is 19.8 Å². The summed E-state index contributed by atoms with van der Waals surface area (Å²) in [4.78, 5) is 2.57. The molecule has 3 fully saturated rings. The van der Waals surface area contributed by atoms with Crippen molar-refractivity contribution in [2.24, 2.45) is 11.3 Å². The number of likely N-dealkylation sites (tertiary alicyclic amines) is 1. The van der Waals surface area contributed by atoms with Crippen molar-refractivity contribution in [3.63, 3.8) is 0 Å². The van der Waals surface area contributed by atoms with E-state index in [4.69, 9.17) is 4.74 Å². The maximum absolute atomic E-state index is 9.85. The van der Waals surface area contributed by atoms with Gasteiger partial charge in [-0.05, 0) is 31.6 Å². The molecule has 2 aliphatic heterocycles. The van der Waals surface area contributed by atoms with Gasteiger partial charge in [-0.3, -0.25) is 4.90 Å². The van der Waals surface area contributed by atoms with Gasteiger partial charge in [0.05, 0.1) is 12.2 Å². The number of morpholine rings is 1. The van der Waals surface area contributed by atoms with Gasteiger partial charge in [-0.25, -0.2) is 0 Å². The number of fused-ring (bicyclic) bond motifs is 2. The Labute approximate surface area is 110 Å². The molecular formula is C15H27NO2. The van der Waals surface area contributed by atoms with Gasteiger partial charge >= 0.3 is 0 Å². The fourth-order valence-electron chi connectivity index (χ4n) is 4.04. The summed E-state index contributed by atoms with van der Waals surface area (Å²) in [6.07, 6.45) is 8.42. The number of hydrogen-bond acceptors (Lipinski definition) is 3. The molecule has 3 aliphatic rings. The summed E-state index contributed by atoms with van der Waals surface area (Å²) in [5.74, 6) is 0.852. The minimum absolute atomic E-state index is 0.184. The molecule has 0 amide bonds. The molecule has 0 aromatic heterocycles. The van der Waals surface area contributed by atoms with Crippen LogP contribution in [0.4, 0.5) is 0 Å². The SMILES string of the molecule is CC1CCC(CO)(CN2CC3CCC(C2)O3)CC1. The molecule has 2 bridgehead atoms. The summed E-state index contributed by atoms with van der Waals surface area (Å²) in [6, 6.07) is 0.